The Hall–Kier alpha value is -1.45. The molecule has 1 N–H and O–H groups in total. The highest BCUT2D eigenvalue weighted by Crippen LogP contribution is 2.00. The van der Waals surface area contributed by atoms with E-state index in [2.05, 4.69) is 15.7 Å². The molecule has 0 saturated heterocycles. The first-order chi connectivity index (χ1) is 4.43. The lowest BCUT2D eigenvalue weighted by Gasteiger charge is -1.90. The molecule has 0 aliphatic heterocycles. The third-order valence-corrected chi connectivity index (χ3v) is 0.836. The Bertz CT molecular complexity index is 187. The molecular formula is C6H9N3O. The fraction of sp³-hybridized carbons (Fsp3) is 0.167. The maximum Gasteiger partial charge on any atom is 0.0777 e. The normalized spacial score (nSPS) is 7.60. The van der Waals surface area contributed by atoms with Gasteiger partial charge in [0.1, 0.15) is 0 Å². The van der Waals surface area contributed by atoms with Gasteiger partial charge in [-0.1, -0.05) is 7.43 Å². The summed E-state index contributed by atoms with van der Waals surface area (Å²) in [4.78, 5) is 13.3. The topological polar surface area (TPSA) is 54.4 Å². The first-order valence-corrected chi connectivity index (χ1v) is 2.42. The Morgan fingerprint density at radius 2 is 2.40 bits per heavy atom. The molecule has 1 aromatic heterocycles. The van der Waals surface area contributed by atoms with Crippen molar-refractivity contribution >= 4 is 5.69 Å². The lowest BCUT2D eigenvalue weighted by molar-refractivity contribution is 1.26. The molecule has 0 radical (unpaired) electrons. The molecule has 0 spiro atoms. The zero-order valence-electron chi connectivity index (χ0n) is 4.61. The molecule has 0 amide bonds. The van der Waals surface area contributed by atoms with Crippen LogP contribution >= 0.6 is 0 Å². The summed E-state index contributed by atoms with van der Waals surface area (Å²) in [7, 11) is 0. The average molecular weight is 139 g/mol. The van der Waals surface area contributed by atoms with Crippen LogP contribution in [0.15, 0.2) is 29.8 Å². The molecule has 4 heteroatoms. The van der Waals surface area contributed by atoms with Crippen molar-refractivity contribution in [3.8, 4) is 0 Å². The number of pyridine rings is 1. The second-order valence-electron chi connectivity index (χ2n) is 1.44. The van der Waals surface area contributed by atoms with Crippen molar-refractivity contribution in [1.29, 1.82) is 0 Å². The van der Waals surface area contributed by atoms with Crippen LogP contribution in [0.1, 0.15) is 7.43 Å². The molecule has 54 valence electrons. The summed E-state index contributed by atoms with van der Waals surface area (Å²) in [5.41, 5.74) is 2.82. The second kappa shape index (κ2) is 4.43. The van der Waals surface area contributed by atoms with Crippen LogP contribution in [-0.2, 0) is 0 Å². The quantitative estimate of drug-likeness (QED) is 0.502. The average Bonchev–Trinajstić information content (AvgIpc) is 1.91. The van der Waals surface area contributed by atoms with Crippen LogP contribution in [0.4, 0.5) is 5.69 Å². The van der Waals surface area contributed by atoms with E-state index in [4.69, 9.17) is 0 Å². The van der Waals surface area contributed by atoms with Crippen LogP contribution in [0.2, 0.25) is 0 Å². The number of nitrogens with one attached hydrogen (secondary N) is 1. The van der Waals surface area contributed by atoms with Crippen molar-refractivity contribution in [3.05, 3.63) is 29.4 Å². The summed E-state index contributed by atoms with van der Waals surface area (Å²) in [5, 5.41) is 2.47. The highest BCUT2D eigenvalue weighted by molar-refractivity contribution is 5.38. The van der Waals surface area contributed by atoms with E-state index in [9.17, 15) is 4.91 Å². The molecule has 0 fully saturated rings. The molecule has 10 heavy (non-hydrogen) atoms. The van der Waals surface area contributed by atoms with Gasteiger partial charge in [0.05, 0.1) is 17.2 Å². The van der Waals surface area contributed by atoms with Crippen LogP contribution in [0.25, 0.3) is 0 Å². The van der Waals surface area contributed by atoms with Gasteiger partial charge in [-0.25, -0.2) is 5.43 Å². The number of nitrogens with zero attached hydrogens (tertiary/aromatic N) is 2. The zero-order valence-corrected chi connectivity index (χ0v) is 4.61. The number of rotatable bonds is 2. The van der Waals surface area contributed by atoms with E-state index in [0.29, 0.717) is 5.69 Å². The van der Waals surface area contributed by atoms with Gasteiger partial charge < -0.3 is 0 Å². The van der Waals surface area contributed by atoms with Crippen LogP contribution in [0, 0.1) is 4.91 Å². The Morgan fingerprint density at radius 3 is 2.90 bits per heavy atom. The van der Waals surface area contributed by atoms with Gasteiger partial charge in [-0.3, -0.25) is 4.98 Å². The van der Waals surface area contributed by atoms with Gasteiger partial charge in [0.15, 0.2) is 0 Å². The Labute approximate surface area is 59.2 Å². The standard InChI is InChI=1S/C5H5N3O.CH4/c9-8-7-5-2-1-3-6-4-5;/h1-4H,(H,7,9);1H4. The Balaban J connectivity index is 0.000000810. The molecule has 0 saturated carbocycles. The molecular weight excluding hydrogens is 130 g/mol. The van der Waals surface area contributed by atoms with Gasteiger partial charge in [0.25, 0.3) is 0 Å². The van der Waals surface area contributed by atoms with Crippen LogP contribution < -0.4 is 5.43 Å². The summed E-state index contributed by atoms with van der Waals surface area (Å²) >= 11 is 0. The highest BCUT2D eigenvalue weighted by Gasteiger charge is 1.83. The van der Waals surface area contributed by atoms with Crippen molar-refractivity contribution in [3.63, 3.8) is 0 Å². The molecule has 0 atom stereocenters. The number of anilines is 1. The summed E-state index contributed by atoms with van der Waals surface area (Å²) in [6, 6.07) is 3.42. The van der Waals surface area contributed by atoms with Crippen molar-refractivity contribution < 1.29 is 0 Å². The maximum absolute atomic E-state index is 9.59. The van der Waals surface area contributed by atoms with E-state index < -0.39 is 0 Å². The summed E-state index contributed by atoms with van der Waals surface area (Å²) in [5.74, 6) is 0. The van der Waals surface area contributed by atoms with Crippen molar-refractivity contribution in [2.45, 2.75) is 7.43 Å². The van der Waals surface area contributed by atoms with E-state index in [0.717, 1.165) is 0 Å². The molecule has 0 aromatic carbocycles. The van der Waals surface area contributed by atoms with E-state index in [1.165, 1.54) is 6.20 Å². The van der Waals surface area contributed by atoms with Crippen molar-refractivity contribution in [1.82, 2.24) is 4.98 Å². The number of nitroso groups, excluding NO2 is 1. The zero-order chi connectivity index (χ0) is 6.53. The molecule has 4 nitrogen and oxygen atoms in total. The predicted molar refractivity (Wildman–Crippen MR) is 40.4 cm³/mol. The molecule has 0 aliphatic carbocycles. The van der Waals surface area contributed by atoms with E-state index in [1.807, 2.05) is 0 Å². The van der Waals surface area contributed by atoms with Crippen molar-refractivity contribution in [2.75, 3.05) is 5.43 Å². The minimum Gasteiger partial charge on any atom is -0.263 e. The third kappa shape index (κ3) is 2.21. The maximum atomic E-state index is 9.59. The van der Waals surface area contributed by atoms with Gasteiger partial charge in [-0.05, 0) is 12.1 Å². The summed E-state index contributed by atoms with van der Waals surface area (Å²) < 4.78 is 0. The number of hydrogen-bond donors (Lipinski definition) is 1. The van der Waals surface area contributed by atoms with Crippen LogP contribution in [0.3, 0.4) is 0 Å². The van der Waals surface area contributed by atoms with Gasteiger partial charge in [-0.2, -0.15) is 0 Å². The largest absolute Gasteiger partial charge is 0.263 e. The minimum atomic E-state index is 0. The first kappa shape index (κ1) is 8.55. The number of hydrogen-bond acceptors (Lipinski definition) is 3. The van der Waals surface area contributed by atoms with E-state index >= 15 is 0 Å². The van der Waals surface area contributed by atoms with Gasteiger partial charge in [-0.15, -0.1) is 4.91 Å². The third-order valence-electron chi connectivity index (χ3n) is 0.836. The van der Waals surface area contributed by atoms with Crippen molar-refractivity contribution in [2.24, 2.45) is 5.29 Å². The summed E-state index contributed by atoms with van der Waals surface area (Å²) in [6.45, 7) is 0. The van der Waals surface area contributed by atoms with Crippen LogP contribution in [0.5, 0.6) is 0 Å². The predicted octanol–water partition coefficient (Wildman–Crippen LogP) is 1.81. The second-order valence-corrected chi connectivity index (χ2v) is 1.44. The van der Waals surface area contributed by atoms with Gasteiger partial charge >= 0.3 is 0 Å². The van der Waals surface area contributed by atoms with Gasteiger partial charge in [0, 0.05) is 6.20 Å². The monoisotopic (exact) mass is 139 g/mol. The Kier molecular flexibility index (Phi) is 3.79. The molecule has 1 rings (SSSR count). The molecule has 0 aliphatic rings. The molecule has 1 heterocycles. The number of aromatic nitrogens is 1. The Morgan fingerprint density at radius 1 is 1.60 bits per heavy atom. The fourth-order valence-corrected chi connectivity index (χ4v) is 0.482. The lowest BCUT2D eigenvalue weighted by Crippen LogP contribution is -1.84. The van der Waals surface area contributed by atoms with Crippen LogP contribution in [-0.4, -0.2) is 4.98 Å². The minimum absolute atomic E-state index is 0. The first-order valence-electron chi connectivity index (χ1n) is 2.42. The molecule has 1 aromatic rings. The molecule has 0 bridgehead atoms. The smallest absolute Gasteiger partial charge is 0.0777 e. The highest BCUT2D eigenvalue weighted by atomic mass is 16.3. The summed E-state index contributed by atoms with van der Waals surface area (Å²) in [6.07, 6.45) is 3.14. The fourth-order valence-electron chi connectivity index (χ4n) is 0.482. The molecule has 0 unspecified atom stereocenters. The SMILES string of the molecule is C.O=NNc1cccnc1. The van der Waals surface area contributed by atoms with Gasteiger partial charge in [0.2, 0.25) is 0 Å². The lowest BCUT2D eigenvalue weighted by atomic mass is 10.4. The van der Waals surface area contributed by atoms with E-state index in [1.54, 1.807) is 18.3 Å². The van der Waals surface area contributed by atoms with E-state index in [-0.39, 0.29) is 7.43 Å².